The van der Waals surface area contributed by atoms with Gasteiger partial charge in [0.2, 0.25) is 5.91 Å². The highest BCUT2D eigenvalue weighted by Gasteiger charge is 2.61. The standard InChI is InChI=1S/C11H11F2NO.C2H6/c1-7-3-2-4-8(5-7)14-10(15)9-6-11(9,12)13;1-2/h2-5,9H,6H2,1H3,(H,14,15);1-2H3. The van der Waals surface area contributed by atoms with E-state index in [9.17, 15) is 13.6 Å². The Morgan fingerprint density at radius 3 is 2.47 bits per heavy atom. The summed E-state index contributed by atoms with van der Waals surface area (Å²) in [6, 6.07) is 7.08. The molecular formula is C13H17F2NO. The van der Waals surface area contributed by atoms with Crippen LogP contribution in [0.15, 0.2) is 24.3 Å². The van der Waals surface area contributed by atoms with Gasteiger partial charge < -0.3 is 5.32 Å². The van der Waals surface area contributed by atoms with Gasteiger partial charge in [-0.3, -0.25) is 4.79 Å². The minimum Gasteiger partial charge on any atom is -0.326 e. The molecule has 0 aliphatic heterocycles. The summed E-state index contributed by atoms with van der Waals surface area (Å²) in [5.74, 6) is -4.53. The summed E-state index contributed by atoms with van der Waals surface area (Å²) in [5, 5.41) is 2.48. The molecule has 1 amide bonds. The minimum absolute atomic E-state index is 0.329. The van der Waals surface area contributed by atoms with E-state index in [4.69, 9.17) is 0 Å². The van der Waals surface area contributed by atoms with Crippen LogP contribution in [0, 0.1) is 12.8 Å². The molecule has 17 heavy (non-hydrogen) atoms. The summed E-state index contributed by atoms with van der Waals surface area (Å²) in [4.78, 5) is 11.3. The van der Waals surface area contributed by atoms with Crippen molar-refractivity contribution in [3.8, 4) is 0 Å². The quantitative estimate of drug-likeness (QED) is 0.841. The highest BCUT2D eigenvalue weighted by Crippen LogP contribution is 2.49. The molecule has 1 aliphatic rings. The number of benzene rings is 1. The number of amides is 1. The van der Waals surface area contributed by atoms with E-state index in [1.54, 1.807) is 18.2 Å². The Morgan fingerprint density at radius 1 is 1.41 bits per heavy atom. The fourth-order valence-electron chi connectivity index (χ4n) is 1.45. The zero-order valence-electron chi connectivity index (χ0n) is 10.3. The molecule has 1 N–H and O–H groups in total. The fourth-order valence-corrected chi connectivity index (χ4v) is 1.45. The van der Waals surface area contributed by atoms with Crippen molar-refractivity contribution in [3.05, 3.63) is 29.8 Å². The van der Waals surface area contributed by atoms with E-state index in [1.165, 1.54) is 0 Å². The second kappa shape index (κ2) is 5.25. The van der Waals surface area contributed by atoms with Crippen molar-refractivity contribution in [1.29, 1.82) is 0 Å². The number of hydrogen-bond donors (Lipinski definition) is 1. The minimum atomic E-state index is -2.80. The van der Waals surface area contributed by atoms with Gasteiger partial charge in [-0.05, 0) is 24.6 Å². The van der Waals surface area contributed by atoms with Gasteiger partial charge in [0.05, 0.1) is 0 Å². The van der Waals surface area contributed by atoms with Crippen LogP contribution in [0.3, 0.4) is 0 Å². The number of aryl methyl sites for hydroxylation is 1. The van der Waals surface area contributed by atoms with Gasteiger partial charge in [-0.25, -0.2) is 8.78 Å². The Morgan fingerprint density at radius 2 is 2.00 bits per heavy atom. The first-order valence-corrected chi connectivity index (χ1v) is 5.74. The van der Waals surface area contributed by atoms with E-state index in [2.05, 4.69) is 5.32 Å². The van der Waals surface area contributed by atoms with E-state index in [0.29, 0.717) is 5.69 Å². The van der Waals surface area contributed by atoms with Crippen molar-refractivity contribution in [3.63, 3.8) is 0 Å². The Kier molecular flexibility index (Phi) is 4.21. The normalized spacial score (nSPS) is 19.9. The van der Waals surface area contributed by atoms with Crippen LogP contribution < -0.4 is 5.32 Å². The van der Waals surface area contributed by atoms with Crippen molar-refractivity contribution in [1.82, 2.24) is 0 Å². The first kappa shape index (κ1) is 13.6. The maximum atomic E-state index is 12.6. The van der Waals surface area contributed by atoms with Crippen molar-refractivity contribution in [2.45, 2.75) is 33.1 Å². The number of anilines is 1. The highest BCUT2D eigenvalue weighted by molar-refractivity contribution is 5.95. The van der Waals surface area contributed by atoms with Crippen LogP contribution in [0.2, 0.25) is 0 Å². The Balaban J connectivity index is 0.000000686. The number of rotatable bonds is 2. The molecule has 2 nitrogen and oxygen atoms in total. The summed E-state index contributed by atoms with van der Waals surface area (Å²) in [6.07, 6.45) is -0.329. The highest BCUT2D eigenvalue weighted by atomic mass is 19.3. The summed E-state index contributed by atoms with van der Waals surface area (Å²) in [6.45, 7) is 5.88. The molecular weight excluding hydrogens is 224 g/mol. The van der Waals surface area contributed by atoms with E-state index >= 15 is 0 Å². The van der Waals surface area contributed by atoms with Gasteiger partial charge in [0, 0.05) is 12.1 Å². The van der Waals surface area contributed by atoms with E-state index in [1.807, 2.05) is 26.8 Å². The van der Waals surface area contributed by atoms with Crippen LogP contribution in [0.5, 0.6) is 0 Å². The predicted molar refractivity (Wildman–Crippen MR) is 64.2 cm³/mol. The second-order valence-corrected chi connectivity index (χ2v) is 3.88. The zero-order valence-corrected chi connectivity index (χ0v) is 10.3. The summed E-state index contributed by atoms with van der Waals surface area (Å²) in [5.41, 5.74) is 1.55. The maximum absolute atomic E-state index is 12.6. The molecule has 0 heterocycles. The Bertz CT molecular complexity index is 404. The first-order valence-electron chi connectivity index (χ1n) is 5.74. The van der Waals surface area contributed by atoms with Crippen LogP contribution in [0.1, 0.15) is 25.8 Å². The molecule has 1 aromatic carbocycles. The number of carbonyl (C=O) groups is 1. The second-order valence-electron chi connectivity index (χ2n) is 3.88. The van der Waals surface area contributed by atoms with Crippen LogP contribution in [0.25, 0.3) is 0 Å². The summed E-state index contributed by atoms with van der Waals surface area (Å²) < 4.78 is 25.1. The lowest BCUT2D eigenvalue weighted by Gasteiger charge is -2.04. The van der Waals surface area contributed by atoms with Crippen LogP contribution in [-0.4, -0.2) is 11.8 Å². The molecule has 1 aliphatic carbocycles. The van der Waals surface area contributed by atoms with Gasteiger partial charge in [-0.15, -0.1) is 0 Å². The van der Waals surface area contributed by atoms with Crippen molar-refractivity contribution in [2.75, 3.05) is 5.32 Å². The monoisotopic (exact) mass is 241 g/mol. The first-order chi connectivity index (χ1) is 7.99. The van der Waals surface area contributed by atoms with Crippen LogP contribution in [-0.2, 0) is 4.79 Å². The largest absolute Gasteiger partial charge is 0.326 e. The van der Waals surface area contributed by atoms with Crippen molar-refractivity contribution < 1.29 is 13.6 Å². The molecule has 0 aromatic heterocycles. The molecule has 4 heteroatoms. The van der Waals surface area contributed by atoms with Crippen molar-refractivity contribution in [2.24, 2.45) is 5.92 Å². The fraction of sp³-hybridized carbons (Fsp3) is 0.462. The summed E-state index contributed by atoms with van der Waals surface area (Å²) in [7, 11) is 0. The number of nitrogens with one attached hydrogen (secondary N) is 1. The average molecular weight is 241 g/mol. The molecule has 1 fully saturated rings. The molecule has 1 saturated carbocycles. The van der Waals surface area contributed by atoms with Gasteiger partial charge in [0.15, 0.2) is 0 Å². The van der Waals surface area contributed by atoms with E-state index < -0.39 is 17.7 Å². The molecule has 0 saturated heterocycles. The topological polar surface area (TPSA) is 29.1 Å². The van der Waals surface area contributed by atoms with Gasteiger partial charge in [0.1, 0.15) is 5.92 Å². The molecule has 2 rings (SSSR count). The Labute approximate surface area is 100 Å². The molecule has 1 atom stereocenters. The van der Waals surface area contributed by atoms with E-state index in [0.717, 1.165) is 5.56 Å². The molecule has 1 aromatic rings. The van der Waals surface area contributed by atoms with Gasteiger partial charge >= 0.3 is 0 Å². The Hall–Kier alpha value is -1.45. The lowest BCUT2D eigenvalue weighted by Crippen LogP contribution is -2.17. The molecule has 0 radical (unpaired) electrons. The number of hydrogen-bond acceptors (Lipinski definition) is 1. The number of alkyl halides is 2. The van der Waals surface area contributed by atoms with Gasteiger partial charge in [0.25, 0.3) is 5.92 Å². The average Bonchev–Trinajstić information content (AvgIpc) is 2.91. The number of carbonyl (C=O) groups excluding carboxylic acids is 1. The lowest BCUT2D eigenvalue weighted by atomic mass is 10.2. The van der Waals surface area contributed by atoms with Gasteiger partial charge in [-0.1, -0.05) is 26.0 Å². The van der Waals surface area contributed by atoms with Crippen LogP contribution in [0.4, 0.5) is 14.5 Å². The lowest BCUT2D eigenvalue weighted by molar-refractivity contribution is -0.119. The predicted octanol–water partition coefficient (Wildman–Crippen LogP) is 3.61. The number of halogens is 2. The van der Waals surface area contributed by atoms with Crippen LogP contribution >= 0.6 is 0 Å². The SMILES string of the molecule is CC.Cc1cccc(NC(=O)C2CC2(F)F)c1. The zero-order chi connectivity index (χ0) is 13.1. The summed E-state index contributed by atoms with van der Waals surface area (Å²) >= 11 is 0. The third kappa shape index (κ3) is 3.51. The smallest absolute Gasteiger partial charge is 0.260 e. The van der Waals surface area contributed by atoms with Crippen molar-refractivity contribution >= 4 is 11.6 Å². The molecule has 0 spiro atoms. The van der Waals surface area contributed by atoms with Gasteiger partial charge in [-0.2, -0.15) is 0 Å². The third-order valence-corrected chi connectivity index (χ3v) is 2.43. The molecule has 1 unspecified atom stereocenters. The third-order valence-electron chi connectivity index (χ3n) is 2.43. The molecule has 94 valence electrons. The molecule has 0 bridgehead atoms. The maximum Gasteiger partial charge on any atom is 0.260 e. The van der Waals surface area contributed by atoms with E-state index in [-0.39, 0.29) is 6.42 Å².